The Bertz CT molecular complexity index is 498. The van der Waals surface area contributed by atoms with Gasteiger partial charge in [-0.15, -0.1) is 5.10 Å². The number of nitrogens with one attached hydrogen (secondary N) is 2. The monoisotopic (exact) mass is 287 g/mol. The molecule has 1 amide bonds. The summed E-state index contributed by atoms with van der Waals surface area (Å²) in [5, 5.41) is 10.1. The Hall–Kier alpha value is -1.28. The van der Waals surface area contributed by atoms with Crippen molar-refractivity contribution >= 4 is 17.7 Å². The molecule has 2 unspecified atom stereocenters. The summed E-state index contributed by atoms with van der Waals surface area (Å²) < 4.78 is 1.44. The predicted octanol–water partition coefficient (Wildman–Crippen LogP) is -0.167. The van der Waals surface area contributed by atoms with Gasteiger partial charge in [0.1, 0.15) is 0 Å². The molecule has 1 heterocycles. The van der Waals surface area contributed by atoms with Crippen molar-refractivity contribution in [2.75, 3.05) is 6.54 Å². The molecule has 0 saturated carbocycles. The van der Waals surface area contributed by atoms with Gasteiger partial charge < -0.3 is 11.1 Å². The molecule has 0 fully saturated rings. The molecule has 0 spiro atoms. The average molecular weight is 287 g/mol. The molecule has 0 saturated heterocycles. The van der Waals surface area contributed by atoms with Gasteiger partial charge >= 0.3 is 5.69 Å². The Kier molecular flexibility index (Phi) is 5.19. The van der Waals surface area contributed by atoms with E-state index < -0.39 is 5.54 Å². The molecule has 0 aliphatic heterocycles. The maximum atomic E-state index is 11.5. The van der Waals surface area contributed by atoms with E-state index in [2.05, 4.69) is 15.5 Å². The minimum atomic E-state index is -0.754. The number of rotatable bonds is 7. The van der Waals surface area contributed by atoms with Gasteiger partial charge in [-0.25, -0.2) is 9.89 Å². The van der Waals surface area contributed by atoms with Crippen molar-refractivity contribution in [1.82, 2.24) is 20.1 Å². The van der Waals surface area contributed by atoms with Crippen molar-refractivity contribution in [2.45, 2.75) is 43.1 Å². The maximum Gasteiger partial charge on any atom is 0.343 e. The van der Waals surface area contributed by atoms with E-state index in [-0.39, 0.29) is 16.8 Å². The predicted molar refractivity (Wildman–Crippen MR) is 75.0 cm³/mol. The number of primary amides is 1. The van der Waals surface area contributed by atoms with E-state index in [9.17, 15) is 9.59 Å². The SMILES string of the molecule is CCNC(C)(CC(C)Sc1n[nH]c(=O)n1C)C(N)=O. The third-order valence-electron chi connectivity index (χ3n) is 2.95. The lowest BCUT2D eigenvalue weighted by Crippen LogP contribution is -2.54. The first-order chi connectivity index (χ1) is 8.80. The average Bonchev–Trinajstić information content (AvgIpc) is 2.61. The quantitative estimate of drug-likeness (QED) is 0.604. The number of carbonyl (C=O) groups is 1. The van der Waals surface area contributed by atoms with Crippen LogP contribution in [0.4, 0.5) is 0 Å². The fourth-order valence-corrected chi connectivity index (χ4v) is 3.00. The Labute approximate surface area is 116 Å². The zero-order valence-corrected chi connectivity index (χ0v) is 12.5. The van der Waals surface area contributed by atoms with Gasteiger partial charge in [0, 0.05) is 12.3 Å². The number of amides is 1. The fraction of sp³-hybridized carbons (Fsp3) is 0.727. The van der Waals surface area contributed by atoms with Gasteiger partial charge in [0.05, 0.1) is 5.54 Å². The first kappa shape index (κ1) is 15.8. The molecule has 0 radical (unpaired) electrons. The lowest BCUT2D eigenvalue weighted by atomic mass is 9.95. The third kappa shape index (κ3) is 3.84. The van der Waals surface area contributed by atoms with Gasteiger partial charge in [0.15, 0.2) is 5.16 Å². The summed E-state index contributed by atoms with van der Waals surface area (Å²) in [6.07, 6.45) is 0.557. The summed E-state index contributed by atoms with van der Waals surface area (Å²) in [4.78, 5) is 22.8. The van der Waals surface area contributed by atoms with Gasteiger partial charge in [0.25, 0.3) is 0 Å². The minimum absolute atomic E-state index is 0.0884. The molecule has 2 atom stereocenters. The van der Waals surface area contributed by atoms with E-state index in [0.717, 1.165) is 0 Å². The van der Waals surface area contributed by atoms with E-state index in [4.69, 9.17) is 5.73 Å². The van der Waals surface area contributed by atoms with Crippen molar-refractivity contribution in [2.24, 2.45) is 12.8 Å². The molecular weight excluding hydrogens is 266 g/mol. The van der Waals surface area contributed by atoms with E-state index in [0.29, 0.717) is 18.1 Å². The van der Waals surface area contributed by atoms with Crippen LogP contribution in [0.5, 0.6) is 0 Å². The molecule has 0 aliphatic rings. The lowest BCUT2D eigenvalue weighted by Gasteiger charge is -2.29. The standard InChI is InChI=1S/C11H21N5O2S/c1-5-13-11(3,8(12)17)6-7(2)19-10-15-14-9(18)16(10)4/h7,13H,5-6H2,1-4H3,(H2,12,17)(H,14,18). The van der Waals surface area contributed by atoms with Gasteiger partial charge in [-0.3, -0.25) is 9.36 Å². The van der Waals surface area contributed by atoms with Crippen LogP contribution in [0.3, 0.4) is 0 Å². The number of likely N-dealkylation sites (N-methyl/N-ethyl adjacent to an activating group) is 1. The number of hydrogen-bond donors (Lipinski definition) is 3. The second-order valence-electron chi connectivity index (χ2n) is 4.73. The van der Waals surface area contributed by atoms with Crippen LogP contribution in [-0.4, -0.2) is 38.0 Å². The Morgan fingerprint density at radius 3 is 2.74 bits per heavy atom. The minimum Gasteiger partial charge on any atom is -0.368 e. The number of thioether (sulfide) groups is 1. The van der Waals surface area contributed by atoms with Crippen molar-refractivity contribution < 1.29 is 4.79 Å². The molecule has 4 N–H and O–H groups in total. The van der Waals surface area contributed by atoms with Crippen molar-refractivity contribution in [1.29, 1.82) is 0 Å². The summed E-state index contributed by atoms with van der Waals surface area (Å²) in [7, 11) is 1.65. The van der Waals surface area contributed by atoms with Crippen LogP contribution in [0, 0.1) is 0 Å². The number of carbonyl (C=O) groups excluding carboxylic acids is 1. The molecule has 7 nitrogen and oxygen atoms in total. The molecule has 108 valence electrons. The highest BCUT2D eigenvalue weighted by molar-refractivity contribution is 7.99. The Morgan fingerprint density at radius 2 is 2.32 bits per heavy atom. The number of hydrogen-bond acceptors (Lipinski definition) is 5. The van der Waals surface area contributed by atoms with Crippen LogP contribution >= 0.6 is 11.8 Å². The molecule has 1 aromatic rings. The smallest absolute Gasteiger partial charge is 0.343 e. The summed E-state index contributed by atoms with van der Waals surface area (Å²) in [5.41, 5.74) is 4.44. The van der Waals surface area contributed by atoms with Crippen LogP contribution in [-0.2, 0) is 11.8 Å². The molecule has 1 aromatic heterocycles. The Balaban J connectivity index is 2.73. The van der Waals surface area contributed by atoms with Crippen molar-refractivity contribution in [3.63, 3.8) is 0 Å². The Morgan fingerprint density at radius 1 is 1.68 bits per heavy atom. The first-order valence-electron chi connectivity index (χ1n) is 6.13. The van der Waals surface area contributed by atoms with Crippen molar-refractivity contribution in [3.8, 4) is 0 Å². The molecule has 0 bridgehead atoms. The molecular formula is C11H21N5O2S. The fourth-order valence-electron chi connectivity index (χ4n) is 1.88. The van der Waals surface area contributed by atoms with E-state index in [1.54, 1.807) is 14.0 Å². The van der Waals surface area contributed by atoms with E-state index >= 15 is 0 Å². The topological polar surface area (TPSA) is 106 Å². The summed E-state index contributed by atoms with van der Waals surface area (Å²) in [6, 6.07) is 0. The zero-order chi connectivity index (χ0) is 14.6. The number of nitrogens with two attached hydrogens (primary N) is 1. The summed E-state index contributed by atoms with van der Waals surface area (Å²) in [5.74, 6) is -0.377. The van der Waals surface area contributed by atoms with Gasteiger partial charge in [-0.1, -0.05) is 25.6 Å². The van der Waals surface area contributed by atoms with Gasteiger partial charge in [-0.2, -0.15) is 0 Å². The second-order valence-corrected chi connectivity index (χ2v) is 6.14. The summed E-state index contributed by atoms with van der Waals surface area (Å²) in [6.45, 7) is 6.36. The third-order valence-corrected chi connectivity index (χ3v) is 4.10. The number of H-pyrrole nitrogens is 1. The van der Waals surface area contributed by atoms with Gasteiger partial charge in [-0.05, 0) is 19.9 Å². The highest BCUT2D eigenvalue weighted by Gasteiger charge is 2.32. The van der Waals surface area contributed by atoms with Crippen LogP contribution in [0.1, 0.15) is 27.2 Å². The number of nitrogens with zero attached hydrogens (tertiary/aromatic N) is 2. The van der Waals surface area contributed by atoms with E-state index in [1.807, 2.05) is 13.8 Å². The van der Waals surface area contributed by atoms with Gasteiger partial charge in [0.2, 0.25) is 5.91 Å². The largest absolute Gasteiger partial charge is 0.368 e. The number of aromatic nitrogens is 3. The molecule has 0 aromatic carbocycles. The molecule has 1 rings (SSSR count). The normalized spacial score (nSPS) is 16.0. The van der Waals surface area contributed by atoms with Crippen molar-refractivity contribution in [3.05, 3.63) is 10.5 Å². The van der Waals surface area contributed by atoms with E-state index in [1.165, 1.54) is 16.3 Å². The van der Waals surface area contributed by atoms with Crippen LogP contribution < -0.4 is 16.7 Å². The second kappa shape index (κ2) is 6.25. The molecule has 19 heavy (non-hydrogen) atoms. The molecule has 8 heteroatoms. The number of aromatic amines is 1. The highest BCUT2D eigenvalue weighted by atomic mass is 32.2. The highest BCUT2D eigenvalue weighted by Crippen LogP contribution is 2.26. The zero-order valence-electron chi connectivity index (χ0n) is 11.7. The maximum absolute atomic E-state index is 11.5. The summed E-state index contributed by atoms with van der Waals surface area (Å²) >= 11 is 1.43. The molecule has 0 aliphatic carbocycles. The van der Waals surface area contributed by atoms with Crippen LogP contribution in [0.15, 0.2) is 9.95 Å². The lowest BCUT2D eigenvalue weighted by molar-refractivity contribution is -0.124. The first-order valence-corrected chi connectivity index (χ1v) is 7.01. The van der Waals surface area contributed by atoms with Crippen LogP contribution in [0.25, 0.3) is 0 Å². The van der Waals surface area contributed by atoms with Crippen LogP contribution in [0.2, 0.25) is 0 Å².